The number of aromatic amines is 1. The van der Waals surface area contributed by atoms with Gasteiger partial charge in [-0.05, 0) is 13.1 Å². The number of carbonyl (C=O) groups excluding carboxylic acids is 1. The number of aromatic hydroxyl groups is 1. The van der Waals surface area contributed by atoms with Crippen molar-refractivity contribution in [1.29, 1.82) is 0 Å². The van der Waals surface area contributed by atoms with Gasteiger partial charge in [0.05, 0.1) is 17.8 Å². The van der Waals surface area contributed by atoms with E-state index >= 15 is 0 Å². The first kappa shape index (κ1) is 13.6. The van der Waals surface area contributed by atoms with Gasteiger partial charge in [0.2, 0.25) is 0 Å². The van der Waals surface area contributed by atoms with Crippen molar-refractivity contribution in [2.45, 2.75) is 6.04 Å². The summed E-state index contributed by atoms with van der Waals surface area (Å²) in [4.78, 5) is 27.7. The quantitative estimate of drug-likeness (QED) is 0.846. The minimum Gasteiger partial charge on any atom is -0.506 e. The zero-order valence-corrected chi connectivity index (χ0v) is 11.7. The number of carbonyl (C=O) groups is 1. The molecule has 110 valence electrons. The number of hydrogen-bond acceptors (Lipinski definition) is 5. The minimum absolute atomic E-state index is 0.00226. The molecule has 0 aliphatic carbocycles. The highest BCUT2D eigenvalue weighted by Gasteiger charge is 2.30. The van der Waals surface area contributed by atoms with Crippen LogP contribution in [0.15, 0.2) is 30.9 Å². The summed E-state index contributed by atoms with van der Waals surface area (Å²) >= 11 is 0. The third-order valence-corrected chi connectivity index (χ3v) is 3.74. The Morgan fingerprint density at radius 1 is 1.43 bits per heavy atom. The lowest BCUT2D eigenvalue weighted by Crippen LogP contribution is -2.49. The molecule has 0 saturated carbocycles. The van der Waals surface area contributed by atoms with Crippen LogP contribution in [0.5, 0.6) is 5.75 Å². The van der Waals surface area contributed by atoms with Gasteiger partial charge in [0.25, 0.3) is 5.91 Å². The Balaban J connectivity index is 1.78. The molecular weight excluding hydrogens is 270 g/mol. The van der Waals surface area contributed by atoms with Gasteiger partial charge >= 0.3 is 0 Å². The Morgan fingerprint density at radius 2 is 2.29 bits per heavy atom. The van der Waals surface area contributed by atoms with E-state index in [-0.39, 0.29) is 17.7 Å². The summed E-state index contributed by atoms with van der Waals surface area (Å²) in [5, 5.41) is 9.45. The molecule has 0 bridgehead atoms. The molecule has 7 heteroatoms. The predicted molar refractivity (Wildman–Crippen MR) is 75.8 cm³/mol. The van der Waals surface area contributed by atoms with Crippen molar-refractivity contribution in [3.8, 4) is 5.75 Å². The van der Waals surface area contributed by atoms with Crippen molar-refractivity contribution >= 4 is 5.91 Å². The van der Waals surface area contributed by atoms with Gasteiger partial charge in [-0.1, -0.05) is 0 Å². The summed E-state index contributed by atoms with van der Waals surface area (Å²) < 4.78 is 0. The smallest absolute Gasteiger partial charge is 0.255 e. The lowest BCUT2D eigenvalue weighted by molar-refractivity contribution is 0.0533. The van der Waals surface area contributed by atoms with Crippen molar-refractivity contribution < 1.29 is 9.90 Å². The molecule has 7 nitrogen and oxygen atoms in total. The van der Waals surface area contributed by atoms with Gasteiger partial charge < -0.3 is 15.0 Å². The molecule has 0 spiro atoms. The number of amides is 1. The number of imidazole rings is 1. The summed E-state index contributed by atoms with van der Waals surface area (Å²) in [6, 6.07) is 1.48. The van der Waals surface area contributed by atoms with Crippen LogP contribution >= 0.6 is 0 Å². The number of H-pyrrole nitrogens is 1. The molecule has 1 amide bonds. The van der Waals surface area contributed by atoms with Crippen LogP contribution in [0.3, 0.4) is 0 Å². The number of nitrogens with zero attached hydrogens (tertiary/aromatic N) is 4. The monoisotopic (exact) mass is 287 g/mol. The van der Waals surface area contributed by atoms with E-state index in [1.54, 1.807) is 17.3 Å². The molecule has 1 fully saturated rings. The molecule has 3 heterocycles. The molecule has 0 unspecified atom stereocenters. The first-order valence-electron chi connectivity index (χ1n) is 6.78. The van der Waals surface area contributed by atoms with E-state index < -0.39 is 0 Å². The second-order valence-electron chi connectivity index (χ2n) is 5.15. The SMILES string of the molecule is CN1CCN(C(=O)c2cncc(O)c2)C[C@@H]1c1ncc[nH]1. The molecule has 1 atom stereocenters. The molecule has 2 N–H and O–H groups in total. The van der Waals surface area contributed by atoms with Crippen LogP contribution < -0.4 is 0 Å². The largest absolute Gasteiger partial charge is 0.506 e. The normalized spacial score (nSPS) is 19.7. The van der Waals surface area contributed by atoms with E-state index in [1.165, 1.54) is 18.5 Å². The molecule has 3 rings (SSSR count). The maximum Gasteiger partial charge on any atom is 0.255 e. The summed E-state index contributed by atoms with van der Waals surface area (Å²) in [6.45, 7) is 1.96. The van der Waals surface area contributed by atoms with E-state index in [0.29, 0.717) is 18.7 Å². The second-order valence-corrected chi connectivity index (χ2v) is 5.15. The number of rotatable bonds is 2. The Hall–Kier alpha value is -2.41. The number of hydrogen-bond donors (Lipinski definition) is 2. The van der Waals surface area contributed by atoms with Crippen LogP contribution in [0.4, 0.5) is 0 Å². The average molecular weight is 287 g/mol. The number of likely N-dealkylation sites (N-methyl/N-ethyl adjacent to an activating group) is 1. The molecule has 1 saturated heterocycles. The van der Waals surface area contributed by atoms with Gasteiger partial charge in [0, 0.05) is 38.2 Å². The lowest BCUT2D eigenvalue weighted by Gasteiger charge is -2.38. The zero-order chi connectivity index (χ0) is 14.8. The van der Waals surface area contributed by atoms with Crippen molar-refractivity contribution in [3.05, 3.63) is 42.2 Å². The van der Waals surface area contributed by atoms with Crippen LogP contribution in [0.25, 0.3) is 0 Å². The van der Waals surface area contributed by atoms with Crippen LogP contribution in [0.1, 0.15) is 22.2 Å². The number of pyridine rings is 1. The van der Waals surface area contributed by atoms with Gasteiger partial charge in [0.1, 0.15) is 11.6 Å². The average Bonchev–Trinajstić information content (AvgIpc) is 3.01. The van der Waals surface area contributed by atoms with Crippen LogP contribution in [0.2, 0.25) is 0 Å². The number of piperazine rings is 1. The molecule has 0 aromatic carbocycles. The molecule has 1 aliphatic heterocycles. The standard InChI is InChI=1S/C14H17N5O2/c1-18-4-5-19(9-12(18)13-16-2-3-17-13)14(21)10-6-11(20)8-15-7-10/h2-3,6-8,12,20H,4-5,9H2,1H3,(H,16,17)/t12-/m1/s1. The zero-order valence-electron chi connectivity index (χ0n) is 11.7. The highest BCUT2D eigenvalue weighted by molar-refractivity contribution is 5.94. The fourth-order valence-corrected chi connectivity index (χ4v) is 2.54. The molecule has 1 aliphatic rings. The van der Waals surface area contributed by atoms with Gasteiger partial charge in [-0.15, -0.1) is 0 Å². The molecule has 2 aromatic rings. The van der Waals surface area contributed by atoms with E-state index in [9.17, 15) is 9.90 Å². The van der Waals surface area contributed by atoms with Crippen LogP contribution in [0, 0.1) is 0 Å². The Bertz CT molecular complexity index is 628. The lowest BCUT2D eigenvalue weighted by atomic mass is 10.1. The highest BCUT2D eigenvalue weighted by atomic mass is 16.3. The Morgan fingerprint density at radius 3 is 3.00 bits per heavy atom. The van der Waals surface area contributed by atoms with Gasteiger partial charge in [-0.3, -0.25) is 14.7 Å². The van der Waals surface area contributed by atoms with Crippen molar-refractivity contribution in [1.82, 2.24) is 24.8 Å². The van der Waals surface area contributed by atoms with E-state index in [2.05, 4.69) is 19.9 Å². The first-order chi connectivity index (χ1) is 10.1. The minimum atomic E-state index is -0.122. The molecule has 21 heavy (non-hydrogen) atoms. The van der Waals surface area contributed by atoms with Crippen LogP contribution in [-0.2, 0) is 0 Å². The third kappa shape index (κ3) is 2.73. The van der Waals surface area contributed by atoms with Crippen molar-refractivity contribution in [2.75, 3.05) is 26.7 Å². The highest BCUT2D eigenvalue weighted by Crippen LogP contribution is 2.22. The fourth-order valence-electron chi connectivity index (χ4n) is 2.54. The third-order valence-electron chi connectivity index (χ3n) is 3.74. The van der Waals surface area contributed by atoms with Gasteiger partial charge in [0.15, 0.2) is 0 Å². The predicted octanol–water partition coefficient (Wildman–Crippen LogP) is 0.639. The molecular formula is C14H17N5O2. The Labute approximate surface area is 122 Å². The summed E-state index contributed by atoms with van der Waals surface area (Å²) in [5.41, 5.74) is 0.401. The summed E-state index contributed by atoms with van der Waals surface area (Å²) in [5.74, 6) is 0.727. The maximum atomic E-state index is 12.5. The summed E-state index contributed by atoms with van der Waals surface area (Å²) in [6.07, 6.45) is 6.28. The number of aromatic nitrogens is 3. The van der Waals surface area contributed by atoms with E-state index in [1.807, 2.05) is 7.05 Å². The molecule has 0 radical (unpaired) electrons. The van der Waals surface area contributed by atoms with E-state index in [0.717, 1.165) is 12.4 Å². The first-order valence-corrected chi connectivity index (χ1v) is 6.78. The van der Waals surface area contributed by atoms with Crippen molar-refractivity contribution in [3.63, 3.8) is 0 Å². The fraction of sp³-hybridized carbons (Fsp3) is 0.357. The van der Waals surface area contributed by atoms with Crippen LogP contribution in [-0.4, -0.2) is 62.4 Å². The number of nitrogens with one attached hydrogen (secondary N) is 1. The van der Waals surface area contributed by atoms with E-state index in [4.69, 9.17) is 0 Å². The second kappa shape index (κ2) is 5.53. The van der Waals surface area contributed by atoms with Crippen molar-refractivity contribution in [2.24, 2.45) is 0 Å². The summed E-state index contributed by atoms with van der Waals surface area (Å²) in [7, 11) is 2.02. The molecule has 2 aromatic heterocycles. The van der Waals surface area contributed by atoms with Gasteiger partial charge in [-0.2, -0.15) is 0 Å². The maximum absolute atomic E-state index is 12.5. The van der Waals surface area contributed by atoms with Gasteiger partial charge in [-0.25, -0.2) is 4.98 Å². The topological polar surface area (TPSA) is 85.3 Å². The Kier molecular flexibility index (Phi) is 3.57.